The fourth-order valence-electron chi connectivity index (χ4n) is 7.43. The van der Waals surface area contributed by atoms with Gasteiger partial charge in [-0.1, -0.05) is 164 Å². The van der Waals surface area contributed by atoms with Crippen molar-refractivity contribution < 1.29 is 4.42 Å². The van der Waals surface area contributed by atoms with Crippen LogP contribution >= 0.6 is 0 Å². The lowest BCUT2D eigenvalue weighted by atomic mass is 9.94. The van der Waals surface area contributed by atoms with Crippen LogP contribution in [-0.2, 0) is 0 Å². The first-order valence-electron chi connectivity index (χ1n) is 18.2. The van der Waals surface area contributed by atoms with Crippen LogP contribution in [0.15, 0.2) is 186 Å². The Morgan fingerprint density at radius 2 is 0.818 bits per heavy atom. The number of nitrogens with zero attached hydrogens (tertiary/aromatic N) is 4. The van der Waals surface area contributed by atoms with Gasteiger partial charge in [0.05, 0.1) is 11.6 Å². The molecule has 0 N–H and O–H groups in total. The van der Waals surface area contributed by atoms with E-state index in [2.05, 4.69) is 121 Å². The largest absolute Gasteiger partial charge is 0.455 e. The van der Waals surface area contributed by atoms with Crippen LogP contribution in [0.1, 0.15) is 5.56 Å². The van der Waals surface area contributed by atoms with E-state index in [9.17, 15) is 5.26 Å². The fraction of sp³-hybridized carbons (Fsp3) is 0. The summed E-state index contributed by atoms with van der Waals surface area (Å²) in [6, 6.07) is 64.2. The van der Waals surface area contributed by atoms with E-state index in [1.54, 1.807) is 0 Å². The van der Waals surface area contributed by atoms with E-state index in [0.29, 0.717) is 28.6 Å². The summed E-state index contributed by atoms with van der Waals surface area (Å²) >= 11 is 0. The zero-order chi connectivity index (χ0) is 36.7. The van der Waals surface area contributed by atoms with E-state index < -0.39 is 0 Å². The van der Waals surface area contributed by atoms with Crippen LogP contribution in [0.4, 0.5) is 0 Å². The van der Waals surface area contributed by atoms with Gasteiger partial charge >= 0.3 is 0 Å². The Labute approximate surface area is 317 Å². The number of fused-ring (bicyclic) bond motifs is 5. The molecule has 10 rings (SSSR count). The molecule has 2 heterocycles. The molecule has 0 fully saturated rings. The Morgan fingerprint density at radius 3 is 1.33 bits per heavy atom. The SMILES string of the molecule is N#Cc1cccc2oc3c4ccccc4c(-c4ccc(-c5nc(-c6ccc(-c7ccccc7)cc6)nc(-c6ccc(-c7ccccc7)cc6)n5)cc4)cc3c12. The van der Waals surface area contributed by atoms with Gasteiger partial charge in [-0.05, 0) is 57.0 Å². The summed E-state index contributed by atoms with van der Waals surface area (Å²) in [7, 11) is 0. The van der Waals surface area contributed by atoms with Gasteiger partial charge in [-0.2, -0.15) is 5.26 Å². The second-order valence-corrected chi connectivity index (χ2v) is 13.5. The number of furan rings is 1. The molecule has 0 amide bonds. The molecule has 0 unspecified atom stereocenters. The van der Waals surface area contributed by atoms with Crippen LogP contribution < -0.4 is 0 Å². The summed E-state index contributed by atoms with van der Waals surface area (Å²) in [5.74, 6) is 1.80. The number of rotatable bonds is 6. The van der Waals surface area contributed by atoms with E-state index in [4.69, 9.17) is 19.4 Å². The lowest BCUT2D eigenvalue weighted by molar-refractivity contribution is 0.672. The summed E-state index contributed by atoms with van der Waals surface area (Å²) in [6.07, 6.45) is 0. The minimum absolute atomic E-state index is 0.589. The van der Waals surface area contributed by atoms with Crippen LogP contribution in [-0.4, -0.2) is 15.0 Å². The zero-order valence-corrected chi connectivity index (χ0v) is 29.5. The summed E-state index contributed by atoms with van der Waals surface area (Å²) in [5, 5.41) is 13.8. The van der Waals surface area contributed by atoms with Gasteiger partial charge in [0, 0.05) is 32.8 Å². The van der Waals surface area contributed by atoms with Gasteiger partial charge in [0.2, 0.25) is 0 Å². The maximum Gasteiger partial charge on any atom is 0.164 e. The van der Waals surface area contributed by atoms with E-state index >= 15 is 0 Å². The third-order valence-corrected chi connectivity index (χ3v) is 10.2. The highest BCUT2D eigenvalue weighted by Crippen LogP contribution is 2.41. The maximum atomic E-state index is 9.95. The smallest absolute Gasteiger partial charge is 0.164 e. The lowest BCUT2D eigenvalue weighted by Crippen LogP contribution is -2.00. The van der Waals surface area contributed by atoms with Crippen LogP contribution in [0.2, 0.25) is 0 Å². The van der Waals surface area contributed by atoms with Crippen LogP contribution in [0.5, 0.6) is 0 Å². The minimum atomic E-state index is 0.589. The van der Waals surface area contributed by atoms with Crippen molar-refractivity contribution in [3.8, 4) is 73.6 Å². The molecule has 5 nitrogen and oxygen atoms in total. The molecule has 10 aromatic rings. The molecule has 0 spiro atoms. The highest BCUT2D eigenvalue weighted by Gasteiger charge is 2.18. The minimum Gasteiger partial charge on any atom is -0.455 e. The van der Waals surface area contributed by atoms with Gasteiger partial charge in [-0.25, -0.2) is 15.0 Å². The second kappa shape index (κ2) is 13.4. The predicted molar refractivity (Wildman–Crippen MR) is 222 cm³/mol. The predicted octanol–water partition coefficient (Wildman–Crippen LogP) is 12.8. The monoisotopic (exact) mass is 702 g/mol. The van der Waals surface area contributed by atoms with Gasteiger partial charge in [-0.3, -0.25) is 0 Å². The number of hydrogen-bond acceptors (Lipinski definition) is 5. The van der Waals surface area contributed by atoms with Crippen molar-refractivity contribution in [3.05, 3.63) is 188 Å². The van der Waals surface area contributed by atoms with E-state index in [-0.39, 0.29) is 0 Å². The molecule has 55 heavy (non-hydrogen) atoms. The number of benzene rings is 8. The topological polar surface area (TPSA) is 75.6 Å². The molecule has 0 aliphatic carbocycles. The Kier molecular flexibility index (Phi) is 7.79. The van der Waals surface area contributed by atoms with Gasteiger partial charge in [0.25, 0.3) is 0 Å². The Balaban J connectivity index is 1.08. The van der Waals surface area contributed by atoms with Crippen molar-refractivity contribution >= 4 is 32.7 Å². The maximum absolute atomic E-state index is 9.95. The molecule has 0 aliphatic heterocycles. The summed E-state index contributed by atoms with van der Waals surface area (Å²) in [6.45, 7) is 0. The van der Waals surface area contributed by atoms with Crippen LogP contribution in [0, 0.1) is 11.3 Å². The van der Waals surface area contributed by atoms with Crippen molar-refractivity contribution in [2.24, 2.45) is 0 Å². The molecule has 0 bridgehead atoms. The van der Waals surface area contributed by atoms with Crippen molar-refractivity contribution in [2.45, 2.75) is 0 Å². The number of nitriles is 1. The quantitative estimate of drug-likeness (QED) is 0.172. The van der Waals surface area contributed by atoms with E-state index in [1.807, 2.05) is 66.7 Å². The van der Waals surface area contributed by atoms with Gasteiger partial charge in [0.15, 0.2) is 17.5 Å². The fourth-order valence-corrected chi connectivity index (χ4v) is 7.43. The molecule has 2 aromatic heterocycles. The summed E-state index contributed by atoms with van der Waals surface area (Å²) in [4.78, 5) is 15.1. The first-order chi connectivity index (χ1) is 27.2. The first-order valence-corrected chi connectivity index (χ1v) is 18.2. The lowest BCUT2D eigenvalue weighted by Gasteiger charge is -2.11. The van der Waals surface area contributed by atoms with Gasteiger partial charge in [0.1, 0.15) is 11.2 Å². The zero-order valence-electron chi connectivity index (χ0n) is 29.5. The summed E-state index contributed by atoms with van der Waals surface area (Å²) < 4.78 is 6.36. The van der Waals surface area contributed by atoms with Crippen molar-refractivity contribution in [1.82, 2.24) is 15.0 Å². The Morgan fingerprint density at radius 1 is 0.382 bits per heavy atom. The molecule has 0 saturated carbocycles. The van der Waals surface area contributed by atoms with Crippen molar-refractivity contribution in [2.75, 3.05) is 0 Å². The third-order valence-electron chi connectivity index (χ3n) is 10.2. The molecule has 0 atom stereocenters. The van der Waals surface area contributed by atoms with Crippen molar-refractivity contribution in [1.29, 1.82) is 5.26 Å². The highest BCUT2D eigenvalue weighted by molar-refractivity contribution is 6.20. The molecule has 256 valence electrons. The standard InChI is InChI=1S/C50H30N4O/c51-31-40-14-9-17-45-46(40)44-30-43(41-15-7-8-16-42(41)47(44)55-45)36-22-28-39(29-23-36)50-53-48(37-24-18-34(19-25-37)32-10-3-1-4-11-32)52-49(54-50)38-26-20-35(21-27-38)33-12-5-2-6-13-33/h1-30H. The third kappa shape index (κ3) is 5.79. The van der Waals surface area contributed by atoms with Gasteiger partial charge in [-0.15, -0.1) is 0 Å². The molecule has 0 radical (unpaired) electrons. The average molecular weight is 703 g/mol. The first kappa shape index (κ1) is 32.0. The second-order valence-electron chi connectivity index (χ2n) is 13.5. The molecular weight excluding hydrogens is 673 g/mol. The molecule has 0 saturated heterocycles. The summed E-state index contributed by atoms with van der Waals surface area (Å²) in [5.41, 5.74) is 11.4. The molecular formula is C50H30N4O. The Hall–Kier alpha value is -7.68. The van der Waals surface area contributed by atoms with E-state index in [1.165, 1.54) is 0 Å². The molecule has 0 aliphatic rings. The van der Waals surface area contributed by atoms with Crippen LogP contribution in [0.3, 0.4) is 0 Å². The highest BCUT2D eigenvalue weighted by atomic mass is 16.3. The molecule has 5 heteroatoms. The van der Waals surface area contributed by atoms with Gasteiger partial charge < -0.3 is 4.42 Å². The molecule has 8 aromatic carbocycles. The normalized spacial score (nSPS) is 11.3. The number of hydrogen-bond donors (Lipinski definition) is 0. The number of aromatic nitrogens is 3. The van der Waals surface area contributed by atoms with E-state index in [0.717, 1.165) is 77.2 Å². The average Bonchev–Trinajstić information content (AvgIpc) is 3.66. The van der Waals surface area contributed by atoms with Crippen LogP contribution in [0.25, 0.3) is 100 Å². The Bertz CT molecular complexity index is 2950. The van der Waals surface area contributed by atoms with Crippen molar-refractivity contribution in [3.63, 3.8) is 0 Å².